The molecule has 1 aromatic rings. The highest BCUT2D eigenvalue weighted by Crippen LogP contribution is 2.31. The molecule has 1 atom stereocenters. The second kappa shape index (κ2) is 5.54. The van der Waals surface area contributed by atoms with E-state index in [0.29, 0.717) is 5.92 Å². The van der Waals surface area contributed by atoms with E-state index < -0.39 is 0 Å². The van der Waals surface area contributed by atoms with Gasteiger partial charge in [-0.1, -0.05) is 30.3 Å². The van der Waals surface area contributed by atoms with Crippen LogP contribution in [0.2, 0.25) is 0 Å². The summed E-state index contributed by atoms with van der Waals surface area (Å²) in [6.07, 6.45) is 4.97. The van der Waals surface area contributed by atoms with E-state index in [1.807, 2.05) is 6.07 Å². The molecule has 2 nitrogen and oxygen atoms in total. The zero-order valence-corrected chi connectivity index (χ0v) is 10.0. The number of hydrogen-bond acceptors (Lipinski definition) is 2. The van der Waals surface area contributed by atoms with Gasteiger partial charge in [-0.2, -0.15) is 5.26 Å². The molecule has 0 radical (unpaired) electrons. The fraction of sp³-hybridized carbons (Fsp3) is 0.400. The molecule has 1 unspecified atom stereocenters. The molecule has 2 heteroatoms. The van der Waals surface area contributed by atoms with Crippen molar-refractivity contribution in [2.45, 2.75) is 38.0 Å². The Bertz CT molecular complexity index is 440. The highest BCUT2D eigenvalue weighted by Gasteiger charge is 2.16. The van der Waals surface area contributed by atoms with Crippen LogP contribution in [0.25, 0.3) is 0 Å². The first-order valence-corrected chi connectivity index (χ1v) is 6.24. The van der Waals surface area contributed by atoms with Crippen LogP contribution in [0.1, 0.15) is 43.6 Å². The Morgan fingerprint density at radius 1 is 1.12 bits per heavy atom. The zero-order chi connectivity index (χ0) is 12.1. The molecule has 0 aliphatic heterocycles. The third-order valence-electron chi connectivity index (χ3n) is 3.54. The molecule has 1 aromatic carbocycles. The smallest absolute Gasteiger partial charge is 0.0965 e. The van der Waals surface area contributed by atoms with Gasteiger partial charge in [0.25, 0.3) is 0 Å². The maximum atomic E-state index is 9.05. The van der Waals surface area contributed by atoms with Crippen molar-refractivity contribution in [1.82, 2.24) is 0 Å². The maximum absolute atomic E-state index is 9.05. The van der Waals surface area contributed by atoms with Crippen LogP contribution in [-0.4, -0.2) is 0 Å². The van der Waals surface area contributed by atoms with Crippen LogP contribution in [-0.2, 0) is 0 Å². The number of hydrogen-bond donors (Lipinski definition) is 1. The van der Waals surface area contributed by atoms with E-state index in [9.17, 15) is 0 Å². The molecule has 0 aromatic heterocycles. The number of rotatable bonds is 1. The first kappa shape index (κ1) is 11.7. The molecular weight excluding hydrogens is 208 g/mol. The predicted molar refractivity (Wildman–Crippen MR) is 69.1 cm³/mol. The van der Waals surface area contributed by atoms with Crippen LogP contribution >= 0.6 is 0 Å². The third-order valence-corrected chi connectivity index (χ3v) is 3.54. The average Bonchev–Trinajstić information content (AvgIpc) is 2.35. The fourth-order valence-corrected chi connectivity index (χ4v) is 2.50. The molecule has 1 aliphatic carbocycles. The summed E-state index contributed by atoms with van der Waals surface area (Å²) >= 11 is 0. The molecule has 0 saturated heterocycles. The topological polar surface area (TPSA) is 49.8 Å². The van der Waals surface area contributed by atoms with Crippen molar-refractivity contribution in [1.29, 1.82) is 5.26 Å². The first-order chi connectivity index (χ1) is 8.31. The maximum Gasteiger partial charge on any atom is 0.0965 e. The molecule has 88 valence electrons. The molecule has 2 rings (SSSR count). The monoisotopic (exact) mass is 226 g/mol. The van der Waals surface area contributed by atoms with Crippen molar-refractivity contribution in [3.8, 4) is 6.07 Å². The van der Waals surface area contributed by atoms with Crippen molar-refractivity contribution in [2.75, 3.05) is 0 Å². The van der Waals surface area contributed by atoms with Crippen LogP contribution in [0.3, 0.4) is 0 Å². The van der Waals surface area contributed by atoms with Crippen molar-refractivity contribution in [3.05, 3.63) is 47.2 Å². The van der Waals surface area contributed by atoms with E-state index in [2.05, 4.69) is 30.3 Å². The van der Waals surface area contributed by atoms with Crippen LogP contribution in [0.4, 0.5) is 0 Å². The minimum atomic E-state index is 0.577. The van der Waals surface area contributed by atoms with E-state index in [4.69, 9.17) is 11.0 Å². The molecule has 0 bridgehead atoms. The second-order valence-corrected chi connectivity index (χ2v) is 4.65. The Hall–Kier alpha value is -1.75. The Labute approximate surface area is 103 Å². The normalized spacial score (nSPS) is 21.5. The zero-order valence-electron chi connectivity index (χ0n) is 10.0. The number of nitrogens with two attached hydrogens (primary N) is 1. The minimum absolute atomic E-state index is 0.577. The predicted octanol–water partition coefficient (Wildman–Crippen LogP) is 3.47. The standard InChI is InChI=1S/C15H18N2/c16-11-14-10-9-13(7-4-8-15(14)17)12-5-2-1-3-6-12/h1-3,5-6,13H,4,7-10,17H2. The van der Waals surface area contributed by atoms with Gasteiger partial charge in [0.2, 0.25) is 0 Å². The quantitative estimate of drug-likeness (QED) is 0.797. The second-order valence-electron chi connectivity index (χ2n) is 4.65. The van der Waals surface area contributed by atoms with Gasteiger partial charge in [-0.15, -0.1) is 0 Å². The van der Waals surface area contributed by atoms with E-state index in [1.54, 1.807) is 0 Å². The average molecular weight is 226 g/mol. The lowest BCUT2D eigenvalue weighted by atomic mass is 9.85. The number of benzene rings is 1. The Morgan fingerprint density at radius 2 is 1.88 bits per heavy atom. The summed E-state index contributed by atoms with van der Waals surface area (Å²) in [5.74, 6) is 0.577. The fourth-order valence-electron chi connectivity index (χ4n) is 2.50. The lowest BCUT2D eigenvalue weighted by Gasteiger charge is -2.20. The number of nitrogens with zero attached hydrogens (tertiary/aromatic N) is 1. The van der Waals surface area contributed by atoms with E-state index >= 15 is 0 Å². The molecule has 0 spiro atoms. The molecule has 2 N–H and O–H groups in total. The molecule has 0 heterocycles. The molecule has 0 amide bonds. The summed E-state index contributed by atoms with van der Waals surface area (Å²) in [5, 5.41) is 9.05. The lowest BCUT2D eigenvalue weighted by molar-refractivity contribution is 0.535. The third kappa shape index (κ3) is 2.88. The van der Waals surface area contributed by atoms with Gasteiger partial charge in [0.15, 0.2) is 0 Å². The SMILES string of the molecule is N#CC1=C(N)CCCC(c2ccccc2)CC1. The number of allylic oxidation sites excluding steroid dienone is 2. The Kier molecular flexibility index (Phi) is 3.82. The minimum Gasteiger partial charge on any atom is -0.401 e. The van der Waals surface area contributed by atoms with Crippen molar-refractivity contribution >= 4 is 0 Å². The summed E-state index contributed by atoms with van der Waals surface area (Å²) in [5.41, 5.74) is 8.90. The van der Waals surface area contributed by atoms with Gasteiger partial charge in [-0.3, -0.25) is 0 Å². The van der Waals surface area contributed by atoms with Crippen molar-refractivity contribution in [2.24, 2.45) is 5.73 Å². The van der Waals surface area contributed by atoms with Gasteiger partial charge in [0, 0.05) is 11.3 Å². The molecule has 17 heavy (non-hydrogen) atoms. The van der Waals surface area contributed by atoms with Gasteiger partial charge < -0.3 is 5.73 Å². The first-order valence-electron chi connectivity index (χ1n) is 6.24. The summed E-state index contributed by atoms with van der Waals surface area (Å²) in [6, 6.07) is 12.8. The van der Waals surface area contributed by atoms with Crippen molar-refractivity contribution in [3.63, 3.8) is 0 Å². The lowest BCUT2D eigenvalue weighted by Crippen LogP contribution is -2.09. The van der Waals surface area contributed by atoms with Gasteiger partial charge in [0.1, 0.15) is 0 Å². The van der Waals surface area contributed by atoms with Gasteiger partial charge >= 0.3 is 0 Å². The Balaban J connectivity index is 2.13. The van der Waals surface area contributed by atoms with E-state index in [1.165, 1.54) is 12.0 Å². The van der Waals surface area contributed by atoms with Crippen LogP contribution in [0, 0.1) is 11.3 Å². The highest BCUT2D eigenvalue weighted by molar-refractivity contribution is 5.28. The van der Waals surface area contributed by atoms with Gasteiger partial charge in [-0.25, -0.2) is 0 Å². The number of nitriles is 1. The van der Waals surface area contributed by atoms with Crippen LogP contribution in [0.15, 0.2) is 41.6 Å². The summed E-state index contributed by atoms with van der Waals surface area (Å²) < 4.78 is 0. The van der Waals surface area contributed by atoms with Crippen molar-refractivity contribution < 1.29 is 0 Å². The molecular formula is C15H18N2. The molecule has 1 aliphatic rings. The van der Waals surface area contributed by atoms with Crippen LogP contribution in [0.5, 0.6) is 0 Å². The van der Waals surface area contributed by atoms with E-state index in [-0.39, 0.29) is 0 Å². The molecule has 0 fully saturated rings. The summed E-state index contributed by atoms with van der Waals surface area (Å²) in [7, 11) is 0. The highest BCUT2D eigenvalue weighted by atomic mass is 14.6. The Morgan fingerprint density at radius 3 is 2.59 bits per heavy atom. The van der Waals surface area contributed by atoms with Crippen LogP contribution < -0.4 is 5.73 Å². The molecule has 0 saturated carbocycles. The van der Waals surface area contributed by atoms with Gasteiger partial charge in [-0.05, 0) is 43.6 Å². The van der Waals surface area contributed by atoms with Gasteiger partial charge in [0.05, 0.1) is 6.07 Å². The summed E-state index contributed by atoms with van der Waals surface area (Å²) in [4.78, 5) is 0. The summed E-state index contributed by atoms with van der Waals surface area (Å²) in [6.45, 7) is 0. The largest absolute Gasteiger partial charge is 0.401 e. The van der Waals surface area contributed by atoms with E-state index in [0.717, 1.165) is 37.0 Å².